The van der Waals surface area contributed by atoms with Crippen LogP contribution in [0.3, 0.4) is 0 Å². The van der Waals surface area contributed by atoms with E-state index in [1.807, 2.05) is 0 Å². The van der Waals surface area contributed by atoms with Crippen molar-refractivity contribution in [3.63, 3.8) is 0 Å². The van der Waals surface area contributed by atoms with Crippen LogP contribution >= 0.6 is 0 Å². The van der Waals surface area contributed by atoms with Crippen LogP contribution in [0, 0.1) is 18.8 Å². The van der Waals surface area contributed by atoms with Crippen molar-refractivity contribution in [2.45, 2.75) is 79.2 Å². The fraction of sp³-hybridized carbons (Fsp3) is 0.577. The first-order valence-electron chi connectivity index (χ1n) is 12.5. The zero-order valence-corrected chi connectivity index (χ0v) is 23.0. The van der Waals surface area contributed by atoms with Gasteiger partial charge in [-0.15, -0.1) is 0 Å². The van der Waals surface area contributed by atoms with Crippen LogP contribution < -0.4 is 10.1 Å². The first-order chi connectivity index (χ1) is 18.3. The molecule has 1 fully saturated rings. The number of pyridine rings is 1. The number of aromatic nitrogens is 1. The second kappa shape index (κ2) is 13.7. The Balaban J connectivity index is 2.28. The van der Waals surface area contributed by atoms with Gasteiger partial charge in [0.15, 0.2) is 29.7 Å². The molecule has 39 heavy (non-hydrogen) atoms. The van der Waals surface area contributed by atoms with Gasteiger partial charge in [-0.1, -0.05) is 20.8 Å². The molecule has 1 aliphatic heterocycles. The monoisotopic (exact) mass is 550 g/mol. The molecule has 1 aliphatic rings. The lowest BCUT2D eigenvalue weighted by atomic mass is 9.95. The SMILES string of the molecule is CC[C@H]1C(=O)OC[C@H](NC(=O)c2nccc(C)c2OC(=O)[C@@H](C)OC(C)=O)C(=O)O[C@@H](C)[C@@H]1OC(=O)C(C)C. The molecule has 0 aromatic carbocycles. The highest BCUT2D eigenvalue weighted by atomic mass is 16.6. The molecular formula is C26H34N2O11. The van der Waals surface area contributed by atoms with Gasteiger partial charge in [-0.2, -0.15) is 0 Å². The van der Waals surface area contributed by atoms with Crippen molar-refractivity contribution < 1.29 is 52.5 Å². The van der Waals surface area contributed by atoms with Gasteiger partial charge in [0.1, 0.15) is 12.7 Å². The highest BCUT2D eigenvalue weighted by Crippen LogP contribution is 2.25. The molecular weight excluding hydrogens is 516 g/mol. The molecule has 0 bridgehead atoms. The highest BCUT2D eigenvalue weighted by Gasteiger charge is 2.41. The predicted octanol–water partition coefficient (Wildman–Crippen LogP) is 1.43. The van der Waals surface area contributed by atoms with Crippen LogP contribution in [0.5, 0.6) is 5.75 Å². The van der Waals surface area contributed by atoms with Gasteiger partial charge in [-0.25, -0.2) is 14.6 Å². The number of rotatable bonds is 8. The smallest absolute Gasteiger partial charge is 0.352 e. The minimum atomic E-state index is -1.45. The summed E-state index contributed by atoms with van der Waals surface area (Å²) in [5.41, 5.74) is 0.0109. The molecule has 0 radical (unpaired) electrons. The van der Waals surface area contributed by atoms with Gasteiger partial charge in [-0.05, 0) is 38.8 Å². The Hall–Kier alpha value is -4.03. The number of nitrogens with one attached hydrogen (secondary N) is 1. The fourth-order valence-corrected chi connectivity index (χ4v) is 3.62. The van der Waals surface area contributed by atoms with Crippen molar-refractivity contribution >= 4 is 35.8 Å². The van der Waals surface area contributed by atoms with E-state index in [1.54, 1.807) is 27.7 Å². The van der Waals surface area contributed by atoms with Gasteiger partial charge < -0.3 is 29.0 Å². The van der Waals surface area contributed by atoms with E-state index in [9.17, 15) is 28.8 Å². The van der Waals surface area contributed by atoms with Gasteiger partial charge in [0.05, 0.1) is 11.8 Å². The number of hydrogen-bond donors (Lipinski definition) is 1. The molecule has 0 saturated carbocycles. The summed E-state index contributed by atoms with van der Waals surface area (Å²) in [7, 11) is 0. The maximum Gasteiger partial charge on any atom is 0.352 e. The number of ether oxygens (including phenoxy) is 5. The van der Waals surface area contributed by atoms with Crippen molar-refractivity contribution in [2.75, 3.05) is 6.61 Å². The van der Waals surface area contributed by atoms with Crippen molar-refractivity contribution in [3.05, 3.63) is 23.5 Å². The molecule has 0 spiro atoms. The summed E-state index contributed by atoms with van der Waals surface area (Å²) >= 11 is 0. The number of aryl methyl sites for hydroxylation is 1. The molecule has 0 aliphatic carbocycles. The maximum atomic E-state index is 13.1. The highest BCUT2D eigenvalue weighted by molar-refractivity contribution is 5.98. The van der Waals surface area contributed by atoms with E-state index in [0.29, 0.717) is 5.56 Å². The first kappa shape index (κ1) is 31.2. The number of esters is 5. The van der Waals surface area contributed by atoms with Crippen molar-refractivity contribution in [2.24, 2.45) is 11.8 Å². The quantitative estimate of drug-likeness (QED) is 0.365. The maximum absolute atomic E-state index is 13.1. The predicted molar refractivity (Wildman–Crippen MR) is 132 cm³/mol. The van der Waals surface area contributed by atoms with E-state index in [2.05, 4.69) is 10.3 Å². The van der Waals surface area contributed by atoms with Gasteiger partial charge in [0.25, 0.3) is 5.91 Å². The number of amides is 1. The van der Waals surface area contributed by atoms with E-state index in [1.165, 1.54) is 26.1 Å². The molecule has 5 atom stereocenters. The third kappa shape index (κ3) is 8.23. The first-order valence-corrected chi connectivity index (χ1v) is 12.5. The summed E-state index contributed by atoms with van der Waals surface area (Å²) in [6.45, 7) is 9.83. The van der Waals surface area contributed by atoms with Crippen LogP contribution in [0.25, 0.3) is 0 Å². The van der Waals surface area contributed by atoms with E-state index in [4.69, 9.17) is 23.7 Å². The van der Waals surface area contributed by atoms with Crippen molar-refractivity contribution in [3.8, 4) is 5.75 Å². The van der Waals surface area contributed by atoms with Gasteiger partial charge in [0, 0.05) is 13.1 Å². The van der Waals surface area contributed by atoms with E-state index >= 15 is 0 Å². The van der Waals surface area contributed by atoms with Crippen LogP contribution in [-0.2, 0) is 42.9 Å². The molecule has 1 aromatic heterocycles. The molecule has 1 N–H and O–H groups in total. The summed E-state index contributed by atoms with van der Waals surface area (Å²) in [6.07, 6.45) is -1.86. The number of nitrogens with zero attached hydrogens (tertiary/aromatic N) is 1. The van der Waals surface area contributed by atoms with Gasteiger partial charge in [-0.3, -0.25) is 19.2 Å². The zero-order valence-electron chi connectivity index (χ0n) is 23.0. The lowest BCUT2D eigenvalue weighted by Gasteiger charge is -2.29. The molecule has 1 aromatic rings. The van der Waals surface area contributed by atoms with Crippen molar-refractivity contribution in [1.29, 1.82) is 0 Å². The number of hydrogen-bond acceptors (Lipinski definition) is 12. The molecule has 1 amide bonds. The summed E-state index contributed by atoms with van der Waals surface area (Å²) in [5, 5.41) is 2.39. The third-order valence-corrected chi connectivity index (χ3v) is 5.80. The second-order valence-corrected chi connectivity index (χ2v) is 9.35. The lowest BCUT2D eigenvalue weighted by molar-refractivity contribution is -0.176. The Morgan fingerprint density at radius 2 is 1.79 bits per heavy atom. The minimum absolute atomic E-state index is 0.215. The summed E-state index contributed by atoms with van der Waals surface area (Å²) < 4.78 is 26.3. The van der Waals surface area contributed by atoms with Gasteiger partial charge >= 0.3 is 29.8 Å². The molecule has 2 heterocycles. The van der Waals surface area contributed by atoms with E-state index in [-0.39, 0.29) is 17.9 Å². The van der Waals surface area contributed by atoms with Crippen LogP contribution in [-0.4, -0.2) is 71.7 Å². The summed E-state index contributed by atoms with van der Waals surface area (Å²) in [5.74, 6) is -6.44. The third-order valence-electron chi connectivity index (χ3n) is 5.80. The second-order valence-electron chi connectivity index (χ2n) is 9.35. The number of carbonyl (C=O) groups excluding carboxylic acids is 6. The average molecular weight is 551 g/mol. The van der Waals surface area contributed by atoms with E-state index < -0.39 is 78.6 Å². The molecule has 1 saturated heterocycles. The van der Waals surface area contributed by atoms with Crippen molar-refractivity contribution in [1.82, 2.24) is 10.3 Å². The largest absolute Gasteiger partial charge is 0.463 e. The standard InChI is InChI=1S/C26H34N2O11/c1-8-17-21(39-23(31)12(2)3)14(5)37-26(34)18(11-35-25(17)33)28-22(30)19-20(13(4)9-10-27-19)38-24(32)15(6)36-16(7)29/h9-10,12,14-15,17-18,21H,8,11H2,1-7H3,(H,28,30)/t14-,15+,17+,18-,21-/m0/s1. The average Bonchev–Trinajstić information content (AvgIpc) is 2.89. The topological polar surface area (TPSA) is 173 Å². The molecule has 214 valence electrons. The normalized spacial score (nSPS) is 22.3. The lowest BCUT2D eigenvalue weighted by Crippen LogP contribution is -2.47. The van der Waals surface area contributed by atoms with Crippen LogP contribution in [0.1, 0.15) is 64.0 Å². The molecule has 0 unspecified atom stereocenters. The molecule has 13 nitrogen and oxygen atoms in total. The molecule has 2 rings (SSSR count). The fourth-order valence-electron chi connectivity index (χ4n) is 3.62. The Labute approximate surface area is 225 Å². The van der Waals surface area contributed by atoms with Crippen LogP contribution in [0.2, 0.25) is 0 Å². The van der Waals surface area contributed by atoms with Crippen LogP contribution in [0.4, 0.5) is 0 Å². The number of cyclic esters (lactones) is 2. The summed E-state index contributed by atoms with van der Waals surface area (Å²) in [4.78, 5) is 78.7. The Morgan fingerprint density at radius 3 is 2.38 bits per heavy atom. The molecule has 13 heteroatoms. The Kier molecular flexibility index (Phi) is 10.9. The Morgan fingerprint density at radius 1 is 1.13 bits per heavy atom. The van der Waals surface area contributed by atoms with Crippen LogP contribution in [0.15, 0.2) is 12.3 Å². The van der Waals surface area contributed by atoms with E-state index in [0.717, 1.165) is 6.92 Å². The summed E-state index contributed by atoms with van der Waals surface area (Å²) in [6, 6.07) is 0.0312. The Bertz CT molecular complexity index is 1120. The zero-order chi connectivity index (χ0) is 29.4. The van der Waals surface area contributed by atoms with Gasteiger partial charge in [0.2, 0.25) is 0 Å². The minimum Gasteiger partial charge on any atom is -0.463 e. The number of carbonyl (C=O) groups is 6.